The summed E-state index contributed by atoms with van der Waals surface area (Å²) in [5.74, 6) is -2.86. The van der Waals surface area contributed by atoms with Crippen LogP contribution >= 0.6 is 0 Å². The molecule has 1 amide bonds. The molecule has 2 atom stereocenters. The number of nitriles is 1. The molecule has 34 heavy (non-hydrogen) atoms. The first-order chi connectivity index (χ1) is 16.3. The lowest BCUT2D eigenvalue weighted by Crippen LogP contribution is -2.43. The van der Waals surface area contributed by atoms with Crippen molar-refractivity contribution in [2.45, 2.75) is 51.5 Å². The summed E-state index contributed by atoms with van der Waals surface area (Å²) in [6.45, 7) is 3.67. The van der Waals surface area contributed by atoms with Crippen molar-refractivity contribution in [3.05, 3.63) is 42.1 Å². The first-order valence-electron chi connectivity index (χ1n) is 12.0. The number of halogens is 2. The Bertz CT molecular complexity index is 1120. The standard InChI is InChI=1S/C26H29F2N5O/c1-17-14-26(27,28)9-6-21(17)25(34)33-16-19-3-2-10-30-24(19)31-22-5-4-20(13-23(22)33)32-11-7-18(15-29)8-12-32/h2-5,10,13,17-18,21H,6-9,11-12,14,16H2,1H3,(H,30,31)/t17-,21-/m1/s1. The number of nitrogens with zero attached hydrogens (tertiary/aromatic N) is 4. The van der Waals surface area contributed by atoms with Crippen LogP contribution in [0.4, 0.5) is 31.7 Å². The normalized spacial score (nSPS) is 24.3. The van der Waals surface area contributed by atoms with Crippen molar-refractivity contribution in [3.8, 4) is 6.07 Å². The molecule has 1 aromatic carbocycles. The number of fused-ring (bicyclic) bond motifs is 2. The van der Waals surface area contributed by atoms with Gasteiger partial charge in [0.05, 0.1) is 24.0 Å². The number of amides is 1. The Hall–Kier alpha value is -3.21. The minimum absolute atomic E-state index is 0.0864. The molecule has 1 saturated heterocycles. The molecule has 3 aliphatic rings. The number of hydrogen-bond donors (Lipinski definition) is 1. The van der Waals surface area contributed by atoms with E-state index in [0.29, 0.717) is 12.4 Å². The van der Waals surface area contributed by atoms with Crippen LogP contribution in [0.25, 0.3) is 0 Å². The molecule has 8 heteroatoms. The first kappa shape index (κ1) is 22.6. The molecule has 0 bridgehead atoms. The number of anilines is 4. The van der Waals surface area contributed by atoms with Crippen LogP contribution in [0.5, 0.6) is 0 Å². The van der Waals surface area contributed by atoms with Gasteiger partial charge in [-0.1, -0.05) is 13.0 Å². The van der Waals surface area contributed by atoms with Gasteiger partial charge in [-0.25, -0.2) is 13.8 Å². The minimum Gasteiger partial charge on any atom is -0.371 e. The van der Waals surface area contributed by atoms with Gasteiger partial charge in [0.15, 0.2) is 0 Å². The third-order valence-electron chi connectivity index (χ3n) is 7.50. The Balaban J connectivity index is 1.49. The van der Waals surface area contributed by atoms with Crippen molar-refractivity contribution in [3.63, 3.8) is 0 Å². The molecule has 0 unspecified atom stereocenters. The van der Waals surface area contributed by atoms with Gasteiger partial charge in [0.1, 0.15) is 5.82 Å². The largest absolute Gasteiger partial charge is 0.371 e. The van der Waals surface area contributed by atoms with Crippen LogP contribution in [-0.2, 0) is 11.3 Å². The summed E-state index contributed by atoms with van der Waals surface area (Å²) in [5.41, 5.74) is 3.40. The fraction of sp³-hybridized carbons (Fsp3) is 0.500. The van der Waals surface area contributed by atoms with Crippen LogP contribution in [0.15, 0.2) is 36.5 Å². The molecule has 6 nitrogen and oxygen atoms in total. The van der Waals surface area contributed by atoms with Gasteiger partial charge in [0.2, 0.25) is 11.8 Å². The number of rotatable bonds is 2. The SMILES string of the molecule is C[C@@H]1CC(F)(F)CC[C@H]1C(=O)N1Cc2cccnc2Nc2ccc(N3CCC(C#N)CC3)cc21. The maximum absolute atomic E-state index is 14.0. The molecule has 0 radical (unpaired) electrons. The van der Waals surface area contributed by atoms with E-state index < -0.39 is 17.8 Å². The van der Waals surface area contributed by atoms with Crippen LogP contribution in [-0.4, -0.2) is 29.9 Å². The Labute approximate surface area is 198 Å². The Kier molecular flexibility index (Phi) is 5.88. The van der Waals surface area contributed by atoms with Crippen LogP contribution in [0, 0.1) is 29.1 Å². The van der Waals surface area contributed by atoms with Gasteiger partial charge in [-0.2, -0.15) is 5.26 Å². The van der Waals surface area contributed by atoms with E-state index in [0.717, 1.165) is 48.6 Å². The molecule has 2 aromatic rings. The second kappa shape index (κ2) is 8.86. The smallest absolute Gasteiger partial charge is 0.248 e. The molecule has 3 heterocycles. The monoisotopic (exact) mass is 465 g/mol. The number of aromatic nitrogens is 1. The van der Waals surface area contributed by atoms with E-state index in [1.807, 2.05) is 30.3 Å². The highest BCUT2D eigenvalue weighted by Crippen LogP contribution is 2.44. The average Bonchev–Trinajstić information content (AvgIpc) is 2.99. The van der Waals surface area contributed by atoms with E-state index >= 15 is 0 Å². The number of pyridine rings is 1. The summed E-state index contributed by atoms with van der Waals surface area (Å²) < 4.78 is 28.0. The van der Waals surface area contributed by atoms with E-state index in [1.165, 1.54) is 0 Å². The van der Waals surface area contributed by atoms with Crippen molar-refractivity contribution in [1.29, 1.82) is 5.26 Å². The molecule has 1 N–H and O–H groups in total. The number of benzene rings is 1. The number of alkyl halides is 2. The van der Waals surface area contributed by atoms with Crippen LogP contribution in [0.2, 0.25) is 0 Å². The lowest BCUT2D eigenvalue weighted by atomic mass is 9.77. The average molecular weight is 466 g/mol. The van der Waals surface area contributed by atoms with E-state index in [4.69, 9.17) is 0 Å². The van der Waals surface area contributed by atoms with Crippen molar-refractivity contribution in [2.75, 3.05) is 28.2 Å². The Morgan fingerprint density at radius 1 is 1.24 bits per heavy atom. The fourth-order valence-electron chi connectivity index (χ4n) is 5.50. The minimum atomic E-state index is -2.70. The molecule has 2 fully saturated rings. The van der Waals surface area contributed by atoms with Gasteiger partial charge >= 0.3 is 0 Å². The molecule has 1 aromatic heterocycles. The van der Waals surface area contributed by atoms with Gasteiger partial charge in [-0.15, -0.1) is 0 Å². The van der Waals surface area contributed by atoms with Crippen LogP contribution in [0.1, 0.15) is 44.6 Å². The molecule has 178 valence electrons. The topological polar surface area (TPSA) is 72.3 Å². The lowest BCUT2D eigenvalue weighted by molar-refractivity contribution is -0.130. The fourth-order valence-corrected chi connectivity index (χ4v) is 5.50. The number of carbonyl (C=O) groups excluding carboxylic acids is 1. The van der Waals surface area contributed by atoms with Gasteiger partial charge in [-0.3, -0.25) is 4.79 Å². The molecule has 0 spiro atoms. The zero-order valence-electron chi connectivity index (χ0n) is 19.3. The van der Waals surface area contributed by atoms with Crippen LogP contribution < -0.4 is 15.1 Å². The molecular weight excluding hydrogens is 436 g/mol. The summed E-state index contributed by atoms with van der Waals surface area (Å²) >= 11 is 0. The van der Waals surface area contributed by atoms with Gasteiger partial charge in [-0.05, 0) is 49.4 Å². The second-order valence-corrected chi connectivity index (χ2v) is 9.83. The van der Waals surface area contributed by atoms with E-state index in [1.54, 1.807) is 18.0 Å². The third kappa shape index (κ3) is 4.31. The molecule has 2 aliphatic heterocycles. The van der Waals surface area contributed by atoms with Gasteiger partial charge in [0.25, 0.3) is 0 Å². The summed E-state index contributed by atoms with van der Waals surface area (Å²) in [6.07, 6.45) is 3.03. The summed E-state index contributed by atoms with van der Waals surface area (Å²) in [5, 5.41) is 12.6. The zero-order chi connectivity index (χ0) is 23.9. The van der Waals surface area contributed by atoms with Crippen molar-refractivity contribution in [1.82, 2.24) is 4.98 Å². The molecule has 1 saturated carbocycles. The number of carbonyl (C=O) groups is 1. The van der Waals surface area contributed by atoms with E-state index in [-0.39, 0.29) is 31.1 Å². The van der Waals surface area contributed by atoms with Gasteiger partial charge < -0.3 is 15.1 Å². The first-order valence-corrected chi connectivity index (χ1v) is 12.0. The summed E-state index contributed by atoms with van der Waals surface area (Å²) in [7, 11) is 0. The molecule has 1 aliphatic carbocycles. The van der Waals surface area contributed by atoms with E-state index in [9.17, 15) is 18.8 Å². The number of nitrogens with one attached hydrogen (secondary N) is 1. The lowest BCUT2D eigenvalue weighted by Gasteiger charge is -2.37. The Morgan fingerprint density at radius 2 is 2.03 bits per heavy atom. The van der Waals surface area contributed by atoms with E-state index in [2.05, 4.69) is 21.3 Å². The summed E-state index contributed by atoms with van der Waals surface area (Å²) in [4.78, 5) is 22.3. The quantitative estimate of drug-likeness (QED) is 0.636. The summed E-state index contributed by atoms with van der Waals surface area (Å²) in [6, 6.07) is 12.1. The van der Waals surface area contributed by atoms with Crippen molar-refractivity contribution in [2.24, 2.45) is 17.8 Å². The predicted molar refractivity (Wildman–Crippen MR) is 127 cm³/mol. The zero-order valence-corrected chi connectivity index (χ0v) is 19.3. The van der Waals surface area contributed by atoms with Crippen LogP contribution in [0.3, 0.4) is 0 Å². The molecular formula is C26H29F2N5O. The van der Waals surface area contributed by atoms with Crippen molar-refractivity contribution < 1.29 is 13.6 Å². The van der Waals surface area contributed by atoms with Crippen molar-refractivity contribution >= 4 is 28.8 Å². The van der Waals surface area contributed by atoms with Gasteiger partial charge in [0, 0.05) is 55.2 Å². The second-order valence-electron chi connectivity index (χ2n) is 9.83. The highest BCUT2D eigenvalue weighted by atomic mass is 19.3. The number of hydrogen-bond acceptors (Lipinski definition) is 5. The predicted octanol–water partition coefficient (Wildman–Crippen LogP) is 5.48. The third-order valence-corrected chi connectivity index (χ3v) is 7.50. The molecule has 5 rings (SSSR count). The highest BCUT2D eigenvalue weighted by molar-refractivity contribution is 6.00. The maximum atomic E-state index is 14.0. The highest BCUT2D eigenvalue weighted by Gasteiger charge is 2.44. The number of piperidine rings is 1. The Morgan fingerprint density at radius 3 is 2.76 bits per heavy atom. The maximum Gasteiger partial charge on any atom is 0.248 e.